The van der Waals surface area contributed by atoms with Gasteiger partial charge in [-0.3, -0.25) is 14.3 Å². The summed E-state index contributed by atoms with van der Waals surface area (Å²) in [5.74, 6) is 0. The minimum absolute atomic E-state index is 0.127. The third kappa shape index (κ3) is 2.54. The van der Waals surface area contributed by atoms with E-state index in [9.17, 15) is 4.79 Å². The monoisotopic (exact) mass is 246 g/mol. The Labute approximate surface area is 103 Å². The maximum Gasteiger partial charge on any atom is 0.253 e. The van der Waals surface area contributed by atoms with Gasteiger partial charge in [0.2, 0.25) is 0 Å². The van der Waals surface area contributed by atoms with E-state index >= 15 is 0 Å². The molecule has 0 unspecified atom stereocenters. The van der Waals surface area contributed by atoms with Gasteiger partial charge in [-0.1, -0.05) is 18.3 Å². The topological polar surface area (TPSA) is 73.8 Å². The lowest BCUT2D eigenvalue weighted by atomic mass is 10.2. The van der Waals surface area contributed by atoms with E-state index in [0.29, 0.717) is 12.2 Å². The van der Waals surface area contributed by atoms with Gasteiger partial charge in [0.25, 0.3) is 5.56 Å². The van der Waals surface area contributed by atoms with Crippen LogP contribution in [0.5, 0.6) is 0 Å². The average molecular weight is 246 g/mol. The van der Waals surface area contributed by atoms with Gasteiger partial charge in [0.05, 0.1) is 12.9 Å². The van der Waals surface area contributed by atoms with Crippen LogP contribution >= 0.6 is 12.2 Å². The van der Waals surface area contributed by atoms with Gasteiger partial charge in [-0.15, -0.1) is 0 Å². The van der Waals surface area contributed by atoms with Gasteiger partial charge in [-0.05, 0) is 6.07 Å². The zero-order valence-electron chi connectivity index (χ0n) is 8.91. The number of pyridine rings is 1. The van der Waals surface area contributed by atoms with Crippen molar-refractivity contribution in [2.24, 2.45) is 5.73 Å². The molecule has 6 heteroatoms. The summed E-state index contributed by atoms with van der Waals surface area (Å²) in [6, 6.07) is 5.01. The van der Waals surface area contributed by atoms with Crippen molar-refractivity contribution in [1.82, 2.24) is 14.5 Å². The second-order valence-electron chi connectivity index (χ2n) is 3.42. The highest BCUT2D eigenvalue weighted by molar-refractivity contribution is 7.80. The van der Waals surface area contributed by atoms with Crippen LogP contribution in [0.4, 0.5) is 0 Å². The summed E-state index contributed by atoms with van der Waals surface area (Å²) in [4.78, 5) is 19.8. The smallest absolute Gasteiger partial charge is 0.253 e. The summed E-state index contributed by atoms with van der Waals surface area (Å²) in [6.07, 6.45) is 4.54. The zero-order chi connectivity index (χ0) is 12.3. The summed E-state index contributed by atoms with van der Waals surface area (Å²) >= 11 is 4.91. The Morgan fingerprint density at radius 2 is 2.24 bits per heavy atom. The van der Waals surface area contributed by atoms with Crippen molar-refractivity contribution in [3.8, 4) is 0 Å². The van der Waals surface area contributed by atoms with Crippen LogP contribution in [-0.2, 0) is 6.54 Å². The third-order valence-corrected chi connectivity index (χ3v) is 2.45. The maximum atomic E-state index is 11.5. The summed E-state index contributed by atoms with van der Waals surface area (Å²) in [6.45, 7) is 0.354. The van der Waals surface area contributed by atoms with Gasteiger partial charge >= 0.3 is 0 Å². The minimum Gasteiger partial charge on any atom is -0.388 e. The largest absolute Gasteiger partial charge is 0.388 e. The fourth-order valence-electron chi connectivity index (χ4n) is 1.47. The van der Waals surface area contributed by atoms with Crippen LogP contribution in [-0.4, -0.2) is 19.5 Å². The normalized spacial score (nSPS) is 10.1. The molecular formula is C11H10N4OS. The number of hydrogen-bond donors (Lipinski definition) is 1. The lowest BCUT2D eigenvalue weighted by Crippen LogP contribution is -2.22. The molecule has 0 radical (unpaired) electrons. The van der Waals surface area contributed by atoms with E-state index in [2.05, 4.69) is 9.97 Å². The number of aromatic nitrogens is 3. The van der Waals surface area contributed by atoms with Crippen molar-refractivity contribution in [1.29, 1.82) is 0 Å². The maximum absolute atomic E-state index is 11.5. The van der Waals surface area contributed by atoms with Crippen LogP contribution in [0.1, 0.15) is 11.3 Å². The first kappa shape index (κ1) is 11.4. The molecular weight excluding hydrogens is 236 g/mol. The van der Waals surface area contributed by atoms with E-state index in [1.54, 1.807) is 12.3 Å². The first-order valence-corrected chi connectivity index (χ1v) is 5.33. The van der Waals surface area contributed by atoms with Crippen molar-refractivity contribution < 1.29 is 0 Å². The van der Waals surface area contributed by atoms with Crippen molar-refractivity contribution in [3.05, 3.63) is 58.5 Å². The standard InChI is InChI=1S/C11H10N4OS/c12-11(17)10-8(2-1-4-14-10)6-15-7-13-5-3-9(15)16/h1-5,7H,6H2,(H2,12,17). The van der Waals surface area contributed by atoms with Gasteiger partial charge < -0.3 is 5.73 Å². The van der Waals surface area contributed by atoms with E-state index in [4.69, 9.17) is 18.0 Å². The molecule has 0 aromatic carbocycles. The molecule has 0 bridgehead atoms. The van der Waals surface area contributed by atoms with Crippen molar-refractivity contribution in [2.45, 2.75) is 6.54 Å². The SMILES string of the molecule is NC(=S)c1ncccc1Cn1cnccc1=O. The van der Waals surface area contributed by atoms with Crippen LogP contribution in [0.15, 0.2) is 41.7 Å². The Balaban J connectivity index is 2.40. The van der Waals surface area contributed by atoms with Crippen molar-refractivity contribution in [3.63, 3.8) is 0 Å². The fourth-order valence-corrected chi connectivity index (χ4v) is 1.65. The molecule has 86 valence electrons. The first-order chi connectivity index (χ1) is 8.18. The summed E-state index contributed by atoms with van der Waals surface area (Å²) in [7, 11) is 0. The van der Waals surface area contributed by atoms with Crippen LogP contribution in [0.2, 0.25) is 0 Å². The Bertz CT molecular complexity index is 608. The van der Waals surface area contributed by atoms with Gasteiger partial charge in [0.1, 0.15) is 10.7 Å². The van der Waals surface area contributed by atoms with Gasteiger partial charge in [0.15, 0.2) is 0 Å². The second kappa shape index (κ2) is 4.84. The fraction of sp³-hybridized carbons (Fsp3) is 0.0909. The van der Waals surface area contributed by atoms with Crippen LogP contribution in [0.25, 0.3) is 0 Å². The molecule has 0 fully saturated rings. The molecule has 0 saturated carbocycles. The molecule has 2 heterocycles. The molecule has 0 amide bonds. The third-order valence-electron chi connectivity index (χ3n) is 2.26. The summed E-state index contributed by atoms with van der Waals surface area (Å²) in [5.41, 5.74) is 6.79. The van der Waals surface area contributed by atoms with E-state index in [1.165, 1.54) is 23.2 Å². The molecule has 0 saturated heterocycles. The Morgan fingerprint density at radius 1 is 1.41 bits per heavy atom. The molecule has 0 aliphatic rings. The highest BCUT2D eigenvalue weighted by Gasteiger charge is 2.07. The van der Waals surface area contributed by atoms with Gasteiger partial charge in [-0.2, -0.15) is 0 Å². The van der Waals surface area contributed by atoms with Crippen LogP contribution < -0.4 is 11.3 Å². The molecule has 17 heavy (non-hydrogen) atoms. The first-order valence-electron chi connectivity index (χ1n) is 4.92. The van der Waals surface area contributed by atoms with Crippen molar-refractivity contribution >= 4 is 17.2 Å². The molecule has 0 atom stereocenters. The molecule has 5 nitrogen and oxygen atoms in total. The predicted molar refractivity (Wildman–Crippen MR) is 67.7 cm³/mol. The van der Waals surface area contributed by atoms with Crippen molar-refractivity contribution in [2.75, 3.05) is 0 Å². The van der Waals surface area contributed by atoms with E-state index in [-0.39, 0.29) is 10.5 Å². The quantitative estimate of drug-likeness (QED) is 0.790. The number of thiocarbonyl (C=S) groups is 1. The van der Waals surface area contributed by atoms with Gasteiger partial charge in [0, 0.05) is 24.0 Å². The average Bonchev–Trinajstić information content (AvgIpc) is 2.32. The molecule has 0 spiro atoms. The highest BCUT2D eigenvalue weighted by Crippen LogP contribution is 2.06. The Hall–Kier alpha value is -2.08. The zero-order valence-corrected chi connectivity index (χ0v) is 9.72. The minimum atomic E-state index is -0.127. The second-order valence-corrected chi connectivity index (χ2v) is 3.86. The van der Waals surface area contributed by atoms with E-state index < -0.39 is 0 Å². The molecule has 0 aliphatic heterocycles. The van der Waals surface area contributed by atoms with Crippen LogP contribution in [0.3, 0.4) is 0 Å². The molecule has 2 aromatic heterocycles. The molecule has 2 aromatic rings. The lowest BCUT2D eigenvalue weighted by molar-refractivity contribution is 0.732. The molecule has 2 N–H and O–H groups in total. The van der Waals surface area contributed by atoms with Gasteiger partial charge in [-0.25, -0.2) is 4.98 Å². The summed E-state index contributed by atoms with van der Waals surface area (Å²) < 4.78 is 1.47. The molecule has 2 rings (SSSR count). The molecule has 0 aliphatic carbocycles. The van der Waals surface area contributed by atoms with E-state index in [0.717, 1.165) is 5.56 Å². The van der Waals surface area contributed by atoms with E-state index in [1.807, 2.05) is 6.07 Å². The number of nitrogens with two attached hydrogens (primary N) is 1. The predicted octanol–water partition coefficient (Wildman–Crippen LogP) is 0.321. The number of nitrogens with zero attached hydrogens (tertiary/aromatic N) is 3. The number of rotatable bonds is 3. The number of hydrogen-bond acceptors (Lipinski definition) is 4. The highest BCUT2D eigenvalue weighted by atomic mass is 32.1. The Morgan fingerprint density at radius 3 is 2.94 bits per heavy atom. The Kier molecular flexibility index (Phi) is 3.24. The van der Waals surface area contributed by atoms with Crippen LogP contribution in [0, 0.1) is 0 Å². The summed E-state index contributed by atoms with van der Waals surface area (Å²) in [5, 5.41) is 0. The lowest BCUT2D eigenvalue weighted by Gasteiger charge is -2.08.